The van der Waals surface area contributed by atoms with Crippen molar-refractivity contribution in [3.63, 3.8) is 0 Å². The molecule has 0 atom stereocenters. The van der Waals surface area contributed by atoms with Crippen molar-refractivity contribution in [1.29, 1.82) is 0 Å². The van der Waals surface area contributed by atoms with Crippen molar-refractivity contribution in [2.75, 3.05) is 5.73 Å². The van der Waals surface area contributed by atoms with Gasteiger partial charge in [-0.1, -0.05) is 0 Å². The maximum absolute atomic E-state index is 10.4. The van der Waals surface area contributed by atoms with E-state index in [4.69, 9.17) is 10.8 Å². The fraction of sp³-hybridized carbons (Fsp3) is 0.429. The molecule has 6 heteroatoms. The highest BCUT2D eigenvalue weighted by molar-refractivity contribution is 5.67. The van der Waals surface area contributed by atoms with E-state index in [1.807, 2.05) is 0 Å². The zero-order chi connectivity index (χ0) is 9.42. The van der Waals surface area contributed by atoms with Gasteiger partial charge in [-0.25, -0.2) is 4.68 Å². The summed E-state index contributed by atoms with van der Waals surface area (Å²) in [7, 11) is 0. The second-order valence-electron chi connectivity index (χ2n) is 2.97. The van der Waals surface area contributed by atoms with Crippen molar-refractivity contribution in [3.8, 4) is 0 Å². The van der Waals surface area contributed by atoms with Gasteiger partial charge < -0.3 is 16.2 Å². The average Bonchev–Trinajstić information content (AvgIpc) is 2.56. The molecule has 0 saturated carbocycles. The van der Waals surface area contributed by atoms with Crippen molar-refractivity contribution in [1.82, 2.24) is 15.1 Å². The first kappa shape index (κ1) is 8.06. The predicted octanol–water partition coefficient (Wildman–Crippen LogP) is -0.847. The molecule has 0 fully saturated rings. The summed E-state index contributed by atoms with van der Waals surface area (Å²) in [5.41, 5.74) is 7.49. The first-order chi connectivity index (χ1) is 6.18. The topological polar surface area (TPSA) is 93.2 Å². The zero-order valence-electron chi connectivity index (χ0n) is 6.95. The second kappa shape index (κ2) is 2.74. The first-order valence-corrected chi connectivity index (χ1v) is 3.95. The highest BCUT2D eigenvalue weighted by Crippen LogP contribution is 2.20. The third-order valence-electron chi connectivity index (χ3n) is 2.06. The van der Waals surface area contributed by atoms with E-state index in [9.17, 15) is 4.79 Å². The number of hydrogen-bond donors (Lipinski definition) is 3. The van der Waals surface area contributed by atoms with E-state index in [2.05, 4.69) is 10.4 Å². The molecule has 2 heterocycles. The number of aliphatic carboxylic acids is 1. The van der Waals surface area contributed by atoms with Gasteiger partial charge in [0.05, 0.1) is 5.69 Å². The minimum Gasteiger partial charge on any atom is -0.480 e. The highest BCUT2D eigenvalue weighted by atomic mass is 16.4. The molecule has 1 aromatic heterocycles. The van der Waals surface area contributed by atoms with Crippen molar-refractivity contribution in [2.45, 2.75) is 19.6 Å². The molecular weight excluding hydrogens is 172 g/mol. The fourth-order valence-corrected chi connectivity index (χ4v) is 1.45. The molecule has 0 radical (unpaired) electrons. The van der Waals surface area contributed by atoms with Crippen LogP contribution in [0.2, 0.25) is 0 Å². The Hall–Kier alpha value is -1.56. The number of carboxylic acid groups (broad SMARTS) is 1. The quantitative estimate of drug-likeness (QED) is 0.554. The molecule has 1 aliphatic rings. The van der Waals surface area contributed by atoms with E-state index in [0.717, 1.165) is 11.3 Å². The monoisotopic (exact) mass is 182 g/mol. The summed E-state index contributed by atoms with van der Waals surface area (Å²) in [6.07, 6.45) is 0. The Morgan fingerprint density at radius 2 is 2.46 bits per heavy atom. The van der Waals surface area contributed by atoms with Crippen LogP contribution in [0.4, 0.5) is 5.82 Å². The number of nitrogen functional groups attached to an aromatic ring is 1. The van der Waals surface area contributed by atoms with E-state index < -0.39 is 5.97 Å². The summed E-state index contributed by atoms with van der Waals surface area (Å²) >= 11 is 0. The van der Waals surface area contributed by atoms with Gasteiger partial charge >= 0.3 is 5.97 Å². The van der Waals surface area contributed by atoms with E-state index in [1.165, 1.54) is 4.68 Å². The van der Waals surface area contributed by atoms with Crippen LogP contribution in [0.5, 0.6) is 0 Å². The van der Waals surface area contributed by atoms with Crippen LogP contribution in [0.25, 0.3) is 0 Å². The molecule has 0 spiro atoms. The molecule has 0 unspecified atom stereocenters. The summed E-state index contributed by atoms with van der Waals surface area (Å²) < 4.78 is 1.33. The minimum absolute atomic E-state index is 0.168. The molecule has 6 nitrogen and oxygen atoms in total. The molecule has 0 aromatic carbocycles. The average molecular weight is 182 g/mol. The third-order valence-corrected chi connectivity index (χ3v) is 2.06. The molecule has 1 aromatic rings. The molecule has 13 heavy (non-hydrogen) atoms. The molecule has 0 amide bonds. The number of anilines is 1. The lowest BCUT2D eigenvalue weighted by Gasteiger charge is -2.00. The largest absolute Gasteiger partial charge is 0.480 e. The maximum atomic E-state index is 10.4. The summed E-state index contributed by atoms with van der Waals surface area (Å²) in [5, 5.41) is 15.7. The molecule has 0 bridgehead atoms. The normalized spacial score (nSPS) is 14.5. The number of hydrogen-bond acceptors (Lipinski definition) is 4. The third kappa shape index (κ3) is 1.25. The molecule has 0 saturated heterocycles. The summed E-state index contributed by atoms with van der Waals surface area (Å²) in [5.74, 6) is -0.469. The van der Waals surface area contributed by atoms with Gasteiger partial charge in [0.2, 0.25) is 0 Å². The van der Waals surface area contributed by atoms with Crippen LogP contribution >= 0.6 is 0 Å². The standard InChI is InChI=1S/C7H10N4O2/c8-7-4-1-9-2-5(4)10-11(7)3-6(12)13/h9H,1-3,8H2,(H,12,13). The summed E-state index contributed by atoms with van der Waals surface area (Å²) in [4.78, 5) is 10.4. The molecular formula is C7H10N4O2. The van der Waals surface area contributed by atoms with Crippen LogP contribution in [-0.2, 0) is 24.4 Å². The van der Waals surface area contributed by atoms with E-state index >= 15 is 0 Å². The Kier molecular flexibility index (Phi) is 1.70. The van der Waals surface area contributed by atoms with Gasteiger partial charge in [-0.3, -0.25) is 4.79 Å². The van der Waals surface area contributed by atoms with Crippen molar-refractivity contribution < 1.29 is 9.90 Å². The Morgan fingerprint density at radius 3 is 3.08 bits per heavy atom. The number of nitrogens with two attached hydrogens (primary N) is 1. The predicted molar refractivity (Wildman–Crippen MR) is 44.8 cm³/mol. The number of carboxylic acids is 1. The Morgan fingerprint density at radius 1 is 1.69 bits per heavy atom. The lowest BCUT2D eigenvalue weighted by molar-refractivity contribution is -0.137. The molecule has 70 valence electrons. The first-order valence-electron chi connectivity index (χ1n) is 3.95. The smallest absolute Gasteiger partial charge is 0.325 e. The number of aromatic nitrogens is 2. The van der Waals surface area contributed by atoms with Gasteiger partial charge in [-0.05, 0) is 0 Å². The van der Waals surface area contributed by atoms with Crippen LogP contribution in [0, 0.1) is 0 Å². The summed E-state index contributed by atoms with van der Waals surface area (Å²) in [6, 6.07) is 0. The number of rotatable bonds is 2. The second-order valence-corrected chi connectivity index (χ2v) is 2.97. The Balaban J connectivity index is 2.33. The van der Waals surface area contributed by atoms with Crippen LogP contribution in [-0.4, -0.2) is 20.9 Å². The van der Waals surface area contributed by atoms with Crippen LogP contribution < -0.4 is 11.1 Å². The van der Waals surface area contributed by atoms with Gasteiger partial charge in [-0.15, -0.1) is 0 Å². The van der Waals surface area contributed by atoms with Gasteiger partial charge in [0, 0.05) is 18.7 Å². The minimum atomic E-state index is -0.930. The highest BCUT2D eigenvalue weighted by Gasteiger charge is 2.20. The molecule has 0 aliphatic carbocycles. The van der Waals surface area contributed by atoms with Crippen molar-refractivity contribution >= 4 is 11.8 Å². The van der Waals surface area contributed by atoms with E-state index in [-0.39, 0.29) is 6.54 Å². The fourth-order valence-electron chi connectivity index (χ4n) is 1.45. The molecule has 2 rings (SSSR count). The maximum Gasteiger partial charge on any atom is 0.325 e. The van der Waals surface area contributed by atoms with Gasteiger partial charge in [0.1, 0.15) is 12.4 Å². The lowest BCUT2D eigenvalue weighted by Crippen LogP contribution is -2.15. The molecule has 1 aliphatic heterocycles. The Bertz CT molecular complexity index is 358. The Labute approximate surface area is 74.3 Å². The van der Waals surface area contributed by atoms with Gasteiger partial charge in [0.25, 0.3) is 0 Å². The zero-order valence-corrected chi connectivity index (χ0v) is 6.95. The van der Waals surface area contributed by atoms with Crippen molar-refractivity contribution in [2.24, 2.45) is 0 Å². The number of carbonyl (C=O) groups is 1. The summed E-state index contributed by atoms with van der Waals surface area (Å²) in [6.45, 7) is 1.19. The van der Waals surface area contributed by atoms with Crippen LogP contribution in [0.3, 0.4) is 0 Å². The number of nitrogens with zero attached hydrogens (tertiary/aromatic N) is 2. The number of nitrogens with one attached hydrogen (secondary N) is 1. The number of fused-ring (bicyclic) bond motifs is 1. The van der Waals surface area contributed by atoms with Crippen molar-refractivity contribution in [3.05, 3.63) is 11.3 Å². The van der Waals surface area contributed by atoms with Gasteiger partial charge in [0.15, 0.2) is 0 Å². The SMILES string of the molecule is Nc1c2c(nn1CC(=O)O)CNC2. The lowest BCUT2D eigenvalue weighted by atomic mass is 10.3. The molecule has 4 N–H and O–H groups in total. The van der Waals surface area contributed by atoms with Crippen LogP contribution in [0.1, 0.15) is 11.3 Å². The van der Waals surface area contributed by atoms with Gasteiger partial charge in [-0.2, -0.15) is 5.10 Å². The van der Waals surface area contributed by atoms with Crippen LogP contribution in [0.15, 0.2) is 0 Å². The van der Waals surface area contributed by atoms with E-state index in [1.54, 1.807) is 0 Å². The van der Waals surface area contributed by atoms with E-state index in [0.29, 0.717) is 18.9 Å².